The minimum Gasteiger partial charge on any atom is -0.485 e. The van der Waals surface area contributed by atoms with Gasteiger partial charge >= 0.3 is 6.18 Å². The van der Waals surface area contributed by atoms with Crippen LogP contribution in [-0.4, -0.2) is 41.0 Å². The molecule has 0 bridgehead atoms. The van der Waals surface area contributed by atoms with Gasteiger partial charge in [0.15, 0.2) is 0 Å². The van der Waals surface area contributed by atoms with E-state index >= 15 is 0 Å². The van der Waals surface area contributed by atoms with E-state index in [1.54, 1.807) is 30.5 Å². The molecule has 182 valence electrons. The predicted octanol–water partition coefficient (Wildman–Crippen LogP) is 4.28. The van der Waals surface area contributed by atoms with E-state index in [4.69, 9.17) is 4.74 Å². The number of nitrogens with zero attached hydrogens (tertiary/aromatic N) is 3. The first-order valence-corrected chi connectivity index (χ1v) is 10.7. The van der Waals surface area contributed by atoms with Crippen LogP contribution in [0.5, 0.6) is 5.75 Å². The molecule has 0 unspecified atom stereocenters. The van der Waals surface area contributed by atoms with E-state index in [1.165, 1.54) is 13.1 Å². The van der Waals surface area contributed by atoms with Crippen molar-refractivity contribution in [2.24, 2.45) is 0 Å². The lowest BCUT2D eigenvalue weighted by atomic mass is 10.0. The molecule has 0 atom stereocenters. The molecule has 3 aromatic rings. The van der Waals surface area contributed by atoms with E-state index in [9.17, 15) is 22.8 Å². The summed E-state index contributed by atoms with van der Waals surface area (Å²) in [5.74, 6) is -0.218. The number of hydrogen-bond acceptors (Lipinski definition) is 6. The Morgan fingerprint density at radius 1 is 1.00 bits per heavy atom. The first kappa shape index (κ1) is 24.0. The van der Waals surface area contributed by atoms with Crippen LogP contribution >= 0.6 is 0 Å². The van der Waals surface area contributed by atoms with Gasteiger partial charge in [-0.2, -0.15) is 13.2 Å². The molecule has 0 saturated carbocycles. The van der Waals surface area contributed by atoms with Crippen molar-refractivity contribution in [1.82, 2.24) is 9.97 Å². The maximum Gasteiger partial charge on any atom is 0.417 e. The summed E-state index contributed by atoms with van der Waals surface area (Å²) in [4.78, 5) is 33.6. The Morgan fingerprint density at radius 3 is 2.37 bits per heavy atom. The molecule has 4 rings (SSSR count). The zero-order valence-corrected chi connectivity index (χ0v) is 18.9. The third-order valence-corrected chi connectivity index (χ3v) is 5.32. The summed E-state index contributed by atoms with van der Waals surface area (Å²) in [6, 6.07) is 7.62. The second kappa shape index (κ2) is 9.61. The van der Waals surface area contributed by atoms with Gasteiger partial charge in [-0.15, -0.1) is 0 Å². The lowest BCUT2D eigenvalue weighted by Gasteiger charge is -2.41. The Hall–Kier alpha value is -4.15. The summed E-state index contributed by atoms with van der Waals surface area (Å²) in [7, 11) is 0. The molecule has 1 aliphatic rings. The molecular weight excluding hydrogens is 463 g/mol. The van der Waals surface area contributed by atoms with Gasteiger partial charge in [0.25, 0.3) is 5.91 Å². The average molecular weight is 485 g/mol. The number of carbonyl (C=O) groups is 2. The van der Waals surface area contributed by atoms with Crippen molar-refractivity contribution < 1.29 is 27.5 Å². The molecule has 0 aliphatic carbocycles. The quantitative estimate of drug-likeness (QED) is 0.541. The summed E-state index contributed by atoms with van der Waals surface area (Å²) in [6.45, 7) is 4.44. The van der Waals surface area contributed by atoms with E-state index in [2.05, 4.69) is 20.6 Å². The molecule has 1 saturated heterocycles. The molecule has 1 aliphatic heterocycles. The number of benzene rings is 1. The van der Waals surface area contributed by atoms with E-state index in [0.29, 0.717) is 36.3 Å². The molecule has 11 heteroatoms. The Labute approximate surface area is 199 Å². The second-order valence-electron chi connectivity index (χ2n) is 8.15. The van der Waals surface area contributed by atoms with Gasteiger partial charge in [-0.1, -0.05) is 6.07 Å². The van der Waals surface area contributed by atoms with Crippen LogP contribution in [0.3, 0.4) is 0 Å². The van der Waals surface area contributed by atoms with Crippen molar-refractivity contribution in [3.8, 4) is 5.75 Å². The number of aryl methyl sites for hydroxylation is 1. The SMILES string of the molecule is CC(=O)Nc1cncc(OC2CN(c3cc(C(=O)Nc4cncc(C(F)(F)F)c4)ccc3C)C2)c1. The molecule has 3 heterocycles. The fourth-order valence-electron chi connectivity index (χ4n) is 3.61. The van der Waals surface area contributed by atoms with Gasteiger partial charge in [-0.3, -0.25) is 19.6 Å². The van der Waals surface area contributed by atoms with Gasteiger partial charge < -0.3 is 20.3 Å². The van der Waals surface area contributed by atoms with Gasteiger partial charge in [-0.25, -0.2) is 0 Å². The van der Waals surface area contributed by atoms with Gasteiger partial charge in [-0.05, 0) is 30.7 Å². The van der Waals surface area contributed by atoms with E-state index in [-0.39, 0.29) is 17.7 Å². The first-order chi connectivity index (χ1) is 16.6. The number of pyridine rings is 2. The lowest BCUT2D eigenvalue weighted by molar-refractivity contribution is -0.137. The van der Waals surface area contributed by atoms with E-state index in [1.807, 2.05) is 11.8 Å². The van der Waals surface area contributed by atoms with E-state index in [0.717, 1.165) is 23.5 Å². The molecule has 8 nitrogen and oxygen atoms in total. The van der Waals surface area contributed by atoms with Gasteiger partial charge in [0, 0.05) is 30.4 Å². The summed E-state index contributed by atoms with van der Waals surface area (Å²) < 4.78 is 44.7. The van der Waals surface area contributed by atoms with Crippen molar-refractivity contribution in [3.05, 3.63) is 71.8 Å². The second-order valence-corrected chi connectivity index (χ2v) is 8.15. The number of nitrogens with one attached hydrogen (secondary N) is 2. The van der Waals surface area contributed by atoms with Crippen LogP contribution in [0.2, 0.25) is 0 Å². The Morgan fingerprint density at radius 2 is 1.69 bits per heavy atom. The highest BCUT2D eigenvalue weighted by molar-refractivity contribution is 6.05. The Balaban J connectivity index is 1.40. The number of halogens is 3. The van der Waals surface area contributed by atoms with E-state index < -0.39 is 17.6 Å². The number of rotatable bonds is 6. The number of alkyl halides is 3. The van der Waals surface area contributed by atoms with Crippen LogP contribution < -0.4 is 20.3 Å². The highest BCUT2D eigenvalue weighted by Crippen LogP contribution is 2.31. The molecular formula is C24H22F3N5O3. The molecule has 1 fully saturated rings. The van der Waals surface area contributed by atoms with Crippen molar-refractivity contribution in [2.75, 3.05) is 28.6 Å². The van der Waals surface area contributed by atoms with Gasteiger partial charge in [0.1, 0.15) is 11.9 Å². The Kier molecular flexibility index (Phi) is 6.59. The van der Waals surface area contributed by atoms with Gasteiger partial charge in [0.05, 0.1) is 48.6 Å². The molecule has 0 spiro atoms. The fourth-order valence-corrected chi connectivity index (χ4v) is 3.61. The molecule has 0 radical (unpaired) electrons. The number of ether oxygens (including phenoxy) is 1. The van der Waals surface area contributed by atoms with Crippen LogP contribution in [0.1, 0.15) is 28.4 Å². The molecule has 2 aromatic heterocycles. The predicted molar refractivity (Wildman–Crippen MR) is 124 cm³/mol. The van der Waals surface area contributed by atoms with Crippen LogP contribution in [0, 0.1) is 6.92 Å². The normalized spacial score (nSPS) is 13.7. The molecule has 35 heavy (non-hydrogen) atoms. The number of amides is 2. The standard InChI is InChI=1S/C24H22F3N5O3/c1-14-3-4-16(23(34)31-18-6-17(8-28-9-18)24(25,26)27)5-22(14)32-12-21(13-32)35-20-7-19(10-29-11-20)30-15(2)33/h3-11,21H,12-13H2,1-2H3,(H,30,33)(H,31,34). The van der Waals surface area contributed by atoms with Crippen LogP contribution in [-0.2, 0) is 11.0 Å². The largest absolute Gasteiger partial charge is 0.485 e. The summed E-state index contributed by atoms with van der Waals surface area (Å²) in [5, 5.41) is 5.12. The average Bonchev–Trinajstić information content (AvgIpc) is 2.76. The van der Waals surface area contributed by atoms with Crippen molar-refractivity contribution in [3.63, 3.8) is 0 Å². The maximum atomic E-state index is 12.9. The summed E-state index contributed by atoms with van der Waals surface area (Å²) >= 11 is 0. The highest BCUT2D eigenvalue weighted by Gasteiger charge is 2.32. The number of aromatic nitrogens is 2. The monoisotopic (exact) mass is 485 g/mol. The van der Waals surface area contributed by atoms with Crippen molar-refractivity contribution in [1.29, 1.82) is 0 Å². The Bertz CT molecular complexity index is 1260. The molecule has 2 amide bonds. The number of carbonyl (C=O) groups excluding carboxylic acids is 2. The third kappa shape index (κ3) is 5.86. The number of hydrogen-bond donors (Lipinski definition) is 2. The highest BCUT2D eigenvalue weighted by atomic mass is 19.4. The minimum atomic E-state index is -4.55. The topological polar surface area (TPSA) is 96.5 Å². The maximum absolute atomic E-state index is 12.9. The fraction of sp³-hybridized carbons (Fsp3) is 0.250. The smallest absolute Gasteiger partial charge is 0.417 e. The first-order valence-electron chi connectivity index (χ1n) is 10.7. The molecule has 1 aromatic carbocycles. The van der Waals surface area contributed by atoms with Crippen LogP contribution in [0.25, 0.3) is 0 Å². The third-order valence-electron chi connectivity index (χ3n) is 5.32. The van der Waals surface area contributed by atoms with Crippen molar-refractivity contribution in [2.45, 2.75) is 26.1 Å². The minimum absolute atomic E-state index is 0.0422. The summed E-state index contributed by atoms with van der Waals surface area (Å²) in [5.41, 5.74) is 1.62. The zero-order chi connectivity index (χ0) is 25.2. The summed E-state index contributed by atoms with van der Waals surface area (Å²) in [6.07, 6.45) is 0.285. The van der Waals surface area contributed by atoms with Gasteiger partial charge in [0.2, 0.25) is 5.91 Å². The lowest BCUT2D eigenvalue weighted by Crippen LogP contribution is -2.54. The zero-order valence-electron chi connectivity index (χ0n) is 18.9. The van der Waals surface area contributed by atoms with Crippen LogP contribution in [0.15, 0.2) is 55.1 Å². The van der Waals surface area contributed by atoms with Crippen molar-refractivity contribution >= 4 is 28.9 Å². The number of anilines is 3. The molecule has 2 N–H and O–H groups in total. The van der Waals surface area contributed by atoms with Crippen LogP contribution in [0.4, 0.5) is 30.2 Å².